The van der Waals surface area contributed by atoms with E-state index in [1.165, 1.54) is 11.1 Å². The van der Waals surface area contributed by atoms with Gasteiger partial charge in [-0.05, 0) is 24.0 Å². The molecular formula is C15H19N3. The maximum Gasteiger partial charge on any atom is 0.100 e. The van der Waals surface area contributed by atoms with Crippen LogP contribution in [0.15, 0.2) is 54.1 Å². The Hall–Kier alpha value is -1.42. The van der Waals surface area contributed by atoms with Crippen LogP contribution in [0, 0.1) is 0 Å². The number of hydrogen-bond donors (Lipinski definition) is 2. The van der Waals surface area contributed by atoms with Crippen molar-refractivity contribution in [2.24, 2.45) is 0 Å². The molecule has 0 amide bonds. The third kappa shape index (κ3) is 2.25. The third-order valence-electron chi connectivity index (χ3n) is 3.58. The third-order valence-corrected chi connectivity index (χ3v) is 3.58. The summed E-state index contributed by atoms with van der Waals surface area (Å²) in [6.45, 7) is 0. The highest BCUT2D eigenvalue weighted by atomic mass is 15.6. The summed E-state index contributed by atoms with van der Waals surface area (Å²) in [6, 6.07) is 10.5. The van der Waals surface area contributed by atoms with E-state index in [4.69, 9.17) is 0 Å². The highest BCUT2D eigenvalue weighted by Crippen LogP contribution is 2.24. The van der Waals surface area contributed by atoms with Gasteiger partial charge in [-0.25, -0.2) is 10.4 Å². The first kappa shape index (κ1) is 11.7. The van der Waals surface area contributed by atoms with Gasteiger partial charge in [-0.2, -0.15) is 0 Å². The minimum atomic E-state index is 0.239. The zero-order valence-corrected chi connectivity index (χ0v) is 10.6. The number of nitrogens with zero attached hydrogens (tertiary/aromatic N) is 1. The molecule has 1 aliphatic heterocycles. The Balaban J connectivity index is 1.76. The molecule has 1 saturated heterocycles. The Kier molecular flexibility index (Phi) is 3.28. The van der Waals surface area contributed by atoms with E-state index in [2.05, 4.69) is 71.4 Å². The molecule has 3 rings (SSSR count). The average Bonchev–Trinajstić information content (AvgIpc) is 2.83. The molecule has 0 aromatic heterocycles. The van der Waals surface area contributed by atoms with E-state index in [1.54, 1.807) is 0 Å². The van der Waals surface area contributed by atoms with Gasteiger partial charge in [-0.1, -0.05) is 48.6 Å². The Morgan fingerprint density at radius 3 is 2.78 bits per heavy atom. The first-order valence-electron chi connectivity index (χ1n) is 6.50. The molecule has 18 heavy (non-hydrogen) atoms. The highest BCUT2D eigenvalue weighted by Gasteiger charge is 2.30. The molecule has 1 aromatic rings. The standard InChI is InChI=1S/C15H19N3/c1-18-15(13-10-6-3-7-11-13)16-14(17-18)12-8-4-2-5-9-12/h2-4,6-8,10-11,14-17H,5,9H2,1H3. The zero-order valence-electron chi connectivity index (χ0n) is 10.6. The molecule has 3 nitrogen and oxygen atoms in total. The van der Waals surface area contributed by atoms with Gasteiger partial charge < -0.3 is 0 Å². The van der Waals surface area contributed by atoms with Gasteiger partial charge in [0.15, 0.2) is 0 Å². The molecule has 1 aromatic carbocycles. The number of hydrogen-bond acceptors (Lipinski definition) is 3. The molecule has 2 atom stereocenters. The van der Waals surface area contributed by atoms with Gasteiger partial charge in [0.2, 0.25) is 0 Å². The zero-order chi connectivity index (χ0) is 12.4. The highest BCUT2D eigenvalue weighted by molar-refractivity contribution is 5.25. The quantitative estimate of drug-likeness (QED) is 0.832. The second-order valence-corrected chi connectivity index (χ2v) is 4.86. The second-order valence-electron chi connectivity index (χ2n) is 4.86. The molecule has 94 valence electrons. The van der Waals surface area contributed by atoms with E-state index < -0.39 is 0 Å². The minimum absolute atomic E-state index is 0.239. The minimum Gasteiger partial charge on any atom is -0.277 e. The maximum atomic E-state index is 3.64. The number of allylic oxidation sites excluding steroid dienone is 3. The van der Waals surface area contributed by atoms with E-state index in [-0.39, 0.29) is 12.3 Å². The lowest BCUT2D eigenvalue weighted by atomic mass is 10.0. The lowest BCUT2D eigenvalue weighted by Gasteiger charge is -2.18. The monoisotopic (exact) mass is 241 g/mol. The van der Waals surface area contributed by atoms with Crippen LogP contribution in [0.2, 0.25) is 0 Å². The summed E-state index contributed by atoms with van der Waals surface area (Å²) in [7, 11) is 2.09. The fraction of sp³-hybridized carbons (Fsp3) is 0.333. The van der Waals surface area contributed by atoms with Crippen molar-refractivity contribution in [3.05, 3.63) is 59.7 Å². The van der Waals surface area contributed by atoms with Crippen LogP contribution in [0.3, 0.4) is 0 Å². The Labute approximate surface area is 108 Å². The Morgan fingerprint density at radius 2 is 2.06 bits per heavy atom. The van der Waals surface area contributed by atoms with Crippen LogP contribution in [0.4, 0.5) is 0 Å². The van der Waals surface area contributed by atoms with Crippen molar-refractivity contribution >= 4 is 0 Å². The fourth-order valence-electron chi connectivity index (χ4n) is 2.59. The van der Waals surface area contributed by atoms with E-state index in [1.807, 2.05) is 0 Å². The predicted molar refractivity (Wildman–Crippen MR) is 73.5 cm³/mol. The van der Waals surface area contributed by atoms with Gasteiger partial charge in [-0.15, -0.1) is 0 Å². The van der Waals surface area contributed by atoms with Crippen molar-refractivity contribution in [1.29, 1.82) is 0 Å². The van der Waals surface area contributed by atoms with E-state index in [9.17, 15) is 0 Å². The Bertz CT molecular complexity index is 464. The lowest BCUT2D eigenvalue weighted by molar-refractivity contribution is 0.227. The van der Waals surface area contributed by atoms with Crippen molar-refractivity contribution in [1.82, 2.24) is 15.8 Å². The first-order valence-corrected chi connectivity index (χ1v) is 6.50. The largest absolute Gasteiger partial charge is 0.277 e. The summed E-state index contributed by atoms with van der Waals surface area (Å²) in [5, 5.41) is 5.79. The van der Waals surface area contributed by atoms with Crippen LogP contribution in [0.5, 0.6) is 0 Å². The summed E-state index contributed by atoms with van der Waals surface area (Å²) in [5.41, 5.74) is 6.22. The van der Waals surface area contributed by atoms with Crippen LogP contribution in [-0.2, 0) is 0 Å². The predicted octanol–water partition coefficient (Wildman–Crippen LogP) is 2.33. The molecule has 1 heterocycles. The van der Waals surface area contributed by atoms with Crippen LogP contribution < -0.4 is 10.7 Å². The van der Waals surface area contributed by atoms with Crippen molar-refractivity contribution in [3.8, 4) is 0 Å². The average molecular weight is 241 g/mol. The molecule has 1 aliphatic carbocycles. The molecular weight excluding hydrogens is 222 g/mol. The van der Waals surface area contributed by atoms with Crippen molar-refractivity contribution < 1.29 is 0 Å². The van der Waals surface area contributed by atoms with Gasteiger partial charge >= 0.3 is 0 Å². The molecule has 0 spiro atoms. The SMILES string of the molecule is CN1NC(C2=CC=CCC2)NC1c1ccccc1. The summed E-state index contributed by atoms with van der Waals surface area (Å²) >= 11 is 0. The van der Waals surface area contributed by atoms with Gasteiger partial charge in [0, 0.05) is 7.05 Å². The van der Waals surface area contributed by atoms with Crippen molar-refractivity contribution in [2.75, 3.05) is 7.05 Å². The normalized spacial score (nSPS) is 28.4. The lowest BCUT2D eigenvalue weighted by Crippen LogP contribution is -2.36. The van der Waals surface area contributed by atoms with E-state index in [0.717, 1.165) is 12.8 Å². The molecule has 2 aliphatic rings. The first-order chi connectivity index (χ1) is 8.84. The van der Waals surface area contributed by atoms with Gasteiger partial charge in [0.1, 0.15) is 6.17 Å². The molecule has 1 fully saturated rings. The summed E-state index contributed by atoms with van der Waals surface area (Å²) in [5.74, 6) is 0. The molecule has 0 bridgehead atoms. The fourth-order valence-corrected chi connectivity index (χ4v) is 2.59. The molecule has 3 heteroatoms. The Morgan fingerprint density at radius 1 is 1.22 bits per heavy atom. The van der Waals surface area contributed by atoms with Gasteiger partial charge in [0.05, 0.1) is 6.17 Å². The summed E-state index contributed by atoms with van der Waals surface area (Å²) in [6.07, 6.45) is 9.36. The molecule has 2 N–H and O–H groups in total. The van der Waals surface area contributed by atoms with Crippen LogP contribution >= 0.6 is 0 Å². The van der Waals surface area contributed by atoms with E-state index in [0.29, 0.717) is 0 Å². The van der Waals surface area contributed by atoms with Crippen molar-refractivity contribution in [3.63, 3.8) is 0 Å². The second kappa shape index (κ2) is 5.06. The van der Waals surface area contributed by atoms with Gasteiger partial charge in [-0.3, -0.25) is 5.32 Å². The number of hydrazine groups is 1. The number of rotatable bonds is 2. The number of nitrogens with one attached hydrogen (secondary N) is 2. The van der Waals surface area contributed by atoms with Crippen LogP contribution in [0.1, 0.15) is 24.6 Å². The molecule has 0 saturated carbocycles. The summed E-state index contributed by atoms with van der Waals surface area (Å²) in [4.78, 5) is 0. The summed E-state index contributed by atoms with van der Waals surface area (Å²) < 4.78 is 0. The topological polar surface area (TPSA) is 27.3 Å². The molecule has 0 radical (unpaired) electrons. The van der Waals surface area contributed by atoms with Gasteiger partial charge in [0.25, 0.3) is 0 Å². The number of benzene rings is 1. The van der Waals surface area contributed by atoms with Crippen LogP contribution in [-0.4, -0.2) is 18.2 Å². The smallest absolute Gasteiger partial charge is 0.100 e. The maximum absolute atomic E-state index is 3.64. The van der Waals surface area contributed by atoms with Crippen molar-refractivity contribution in [2.45, 2.75) is 25.2 Å². The molecule has 2 unspecified atom stereocenters. The van der Waals surface area contributed by atoms with E-state index >= 15 is 0 Å². The van der Waals surface area contributed by atoms with Crippen LogP contribution in [0.25, 0.3) is 0 Å².